The maximum atomic E-state index is 6.11. The van der Waals surface area contributed by atoms with E-state index in [1.807, 2.05) is 12.4 Å². The third-order valence-corrected chi connectivity index (χ3v) is 5.44. The van der Waals surface area contributed by atoms with Crippen LogP contribution in [-0.2, 0) is 12.8 Å². The Morgan fingerprint density at radius 2 is 1.71 bits per heavy atom. The van der Waals surface area contributed by atoms with Gasteiger partial charge in [-0.3, -0.25) is 4.98 Å². The lowest BCUT2D eigenvalue weighted by Crippen LogP contribution is -2.26. The quantitative estimate of drug-likeness (QED) is 0.752. The van der Waals surface area contributed by atoms with Gasteiger partial charge < -0.3 is 10.7 Å². The number of aromatic nitrogens is 2. The van der Waals surface area contributed by atoms with Gasteiger partial charge in [0.15, 0.2) is 0 Å². The summed E-state index contributed by atoms with van der Waals surface area (Å²) in [4.78, 5) is 7.85. The lowest BCUT2D eigenvalue weighted by atomic mass is 9.82. The first-order chi connectivity index (χ1) is 11.8. The molecule has 3 heteroatoms. The second kappa shape index (κ2) is 6.78. The molecule has 0 unspecified atom stereocenters. The average Bonchev–Trinajstić information content (AvgIpc) is 3.00. The number of benzene rings is 1. The Bertz CT molecular complexity index is 798. The second-order valence-corrected chi connectivity index (χ2v) is 7.03. The van der Waals surface area contributed by atoms with Crippen molar-refractivity contribution in [2.75, 3.05) is 0 Å². The monoisotopic (exact) mass is 319 g/mol. The van der Waals surface area contributed by atoms with Crippen molar-refractivity contribution in [2.45, 2.75) is 50.5 Å². The third-order valence-electron chi connectivity index (χ3n) is 5.44. The smallest absolute Gasteiger partial charge is 0.0459 e. The fourth-order valence-corrected chi connectivity index (χ4v) is 4.07. The molecule has 0 saturated heterocycles. The van der Waals surface area contributed by atoms with Crippen molar-refractivity contribution in [1.82, 2.24) is 9.97 Å². The van der Waals surface area contributed by atoms with Gasteiger partial charge in [0.2, 0.25) is 0 Å². The molecule has 1 saturated carbocycles. The van der Waals surface area contributed by atoms with E-state index in [4.69, 9.17) is 5.73 Å². The summed E-state index contributed by atoms with van der Waals surface area (Å²) in [5, 5.41) is 1.39. The normalized spacial score (nSPS) is 21.2. The molecule has 2 heterocycles. The van der Waals surface area contributed by atoms with Crippen LogP contribution < -0.4 is 5.73 Å². The van der Waals surface area contributed by atoms with E-state index in [-0.39, 0.29) is 0 Å². The number of fused-ring (bicyclic) bond motifs is 1. The second-order valence-electron chi connectivity index (χ2n) is 7.03. The van der Waals surface area contributed by atoms with E-state index in [0.717, 1.165) is 25.7 Å². The van der Waals surface area contributed by atoms with Gasteiger partial charge in [-0.2, -0.15) is 0 Å². The predicted octanol–water partition coefficient (Wildman–Crippen LogP) is 4.33. The molecule has 24 heavy (non-hydrogen) atoms. The Kier molecular flexibility index (Phi) is 4.35. The maximum absolute atomic E-state index is 6.11. The highest BCUT2D eigenvalue weighted by molar-refractivity contribution is 5.85. The van der Waals surface area contributed by atoms with Crippen LogP contribution in [0.5, 0.6) is 0 Å². The molecule has 0 aliphatic heterocycles. The SMILES string of the molecule is NC1CCC(c2[nH]c3ccccc3c2CCc2ccncc2)CC1. The maximum Gasteiger partial charge on any atom is 0.0459 e. The number of H-pyrrole nitrogens is 1. The zero-order valence-corrected chi connectivity index (χ0v) is 14.0. The number of para-hydroxylation sites is 1. The van der Waals surface area contributed by atoms with Gasteiger partial charge in [-0.15, -0.1) is 0 Å². The van der Waals surface area contributed by atoms with Gasteiger partial charge in [0.05, 0.1) is 0 Å². The number of aromatic amines is 1. The lowest BCUT2D eigenvalue weighted by Gasteiger charge is -2.26. The van der Waals surface area contributed by atoms with E-state index in [1.165, 1.54) is 40.6 Å². The summed E-state index contributed by atoms with van der Waals surface area (Å²) < 4.78 is 0. The lowest BCUT2D eigenvalue weighted by molar-refractivity contribution is 0.390. The van der Waals surface area contributed by atoms with Crippen LogP contribution in [0.4, 0.5) is 0 Å². The molecular weight excluding hydrogens is 294 g/mol. The highest BCUT2D eigenvalue weighted by atomic mass is 14.7. The molecule has 0 radical (unpaired) electrons. The summed E-state index contributed by atoms with van der Waals surface area (Å²) >= 11 is 0. The van der Waals surface area contributed by atoms with Crippen LogP contribution in [0.15, 0.2) is 48.8 Å². The summed E-state index contributed by atoms with van der Waals surface area (Å²) in [7, 11) is 0. The number of hydrogen-bond acceptors (Lipinski definition) is 2. The van der Waals surface area contributed by atoms with Crippen molar-refractivity contribution in [3.8, 4) is 0 Å². The molecule has 0 amide bonds. The molecule has 0 bridgehead atoms. The van der Waals surface area contributed by atoms with Gasteiger partial charge >= 0.3 is 0 Å². The zero-order valence-electron chi connectivity index (χ0n) is 14.0. The molecule has 2 aromatic heterocycles. The van der Waals surface area contributed by atoms with Crippen LogP contribution in [-0.4, -0.2) is 16.0 Å². The molecule has 1 aliphatic rings. The molecule has 1 aliphatic carbocycles. The number of pyridine rings is 1. The fourth-order valence-electron chi connectivity index (χ4n) is 4.07. The molecule has 0 spiro atoms. The van der Waals surface area contributed by atoms with Crippen LogP contribution in [0, 0.1) is 0 Å². The third kappa shape index (κ3) is 3.09. The first kappa shape index (κ1) is 15.4. The van der Waals surface area contributed by atoms with E-state index in [2.05, 4.69) is 46.4 Å². The minimum Gasteiger partial charge on any atom is -0.358 e. The Labute approximate surface area is 143 Å². The van der Waals surface area contributed by atoms with E-state index in [9.17, 15) is 0 Å². The number of nitrogens with two attached hydrogens (primary N) is 1. The Morgan fingerprint density at radius 3 is 2.50 bits per heavy atom. The van der Waals surface area contributed by atoms with E-state index in [0.29, 0.717) is 12.0 Å². The van der Waals surface area contributed by atoms with Crippen molar-refractivity contribution in [2.24, 2.45) is 5.73 Å². The van der Waals surface area contributed by atoms with Crippen molar-refractivity contribution >= 4 is 10.9 Å². The van der Waals surface area contributed by atoms with Crippen molar-refractivity contribution in [3.05, 3.63) is 65.6 Å². The van der Waals surface area contributed by atoms with Crippen LogP contribution in [0.2, 0.25) is 0 Å². The fraction of sp³-hybridized carbons (Fsp3) is 0.381. The number of nitrogens with zero attached hydrogens (tertiary/aromatic N) is 1. The molecule has 4 rings (SSSR count). The van der Waals surface area contributed by atoms with Gasteiger partial charge in [-0.1, -0.05) is 18.2 Å². The number of hydrogen-bond donors (Lipinski definition) is 2. The zero-order chi connectivity index (χ0) is 16.4. The molecule has 3 aromatic rings. The summed E-state index contributed by atoms with van der Waals surface area (Å²) in [5.74, 6) is 0.629. The first-order valence-corrected chi connectivity index (χ1v) is 9.05. The van der Waals surface area contributed by atoms with Gasteiger partial charge in [0.1, 0.15) is 0 Å². The van der Waals surface area contributed by atoms with Crippen LogP contribution >= 0.6 is 0 Å². The summed E-state index contributed by atoms with van der Waals surface area (Å²) in [6.07, 6.45) is 10.6. The number of nitrogens with one attached hydrogen (secondary N) is 1. The molecule has 1 aromatic carbocycles. The van der Waals surface area contributed by atoms with Gasteiger partial charge in [-0.05, 0) is 73.8 Å². The molecule has 3 nitrogen and oxygen atoms in total. The Balaban J connectivity index is 1.65. The highest BCUT2D eigenvalue weighted by Crippen LogP contribution is 2.37. The standard InChI is InChI=1S/C21H25N3/c22-17-8-6-16(7-9-17)21-19(10-5-15-11-13-23-14-12-15)18-3-1-2-4-20(18)24-21/h1-4,11-14,16-17,24H,5-10,22H2. The highest BCUT2D eigenvalue weighted by Gasteiger charge is 2.24. The molecule has 0 atom stereocenters. The van der Waals surface area contributed by atoms with Crippen LogP contribution in [0.3, 0.4) is 0 Å². The first-order valence-electron chi connectivity index (χ1n) is 9.05. The summed E-state index contributed by atoms with van der Waals surface area (Å²) in [6, 6.07) is 13.3. The van der Waals surface area contributed by atoms with Crippen molar-refractivity contribution in [1.29, 1.82) is 0 Å². The van der Waals surface area contributed by atoms with Crippen molar-refractivity contribution < 1.29 is 0 Å². The molecular formula is C21H25N3. The molecule has 124 valence electrons. The topological polar surface area (TPSA) is 54.7 Å². The van der Waals surface area contributed by atoms with E-state index < -0.39 is 0 Å². The molecule has 3 N–H and O–H groups in total. The predicted molar refractivity (Wildman–Crippen MR) is 99.1 cm³/mol. The molecule has 1 fully saturated rings. The number of aryl methyl sites for hydroxylation is 2. The number of rotatable bonds is 4. The Hall–Kier alpha value is -2.13. The van der Waals surface area contributed by atoms with E-state index >= 15 is 0 Å². The van der Waals surface area contributed by atoms with Crippen LogP contribution in [0.1, 0.15) is 48.4 Å². The average molecular weight is 319 g/mol. The minimum atomic E-state index is 0.394. The largest absolute Gasteiger partial charge is 0.358 e. The van der Waals surface area contributed by atoms with Crippen molar-refractivity contribution in [3.63, 3.8) is 0 Å². The summed E-state index contributed by atoms with van der Waals surface area (Å²) in [5.41, 5.74) is 11.7. The van der Waals surface area contributed by atoms with Gasteiger partial charge in [0.25, 0.3) is 0 Å². The minimum absolute atomic E-state index is 0.394. The van der Waals surface area contributed by atoms with Crippen LogP contribution in [0.25, 0.3) is 10.9 Å². The van der Waals surface area contributed by atoms with Gasteiger partial charge in [0, 0.05) is 35.0 Å². The summed E-state index contributed by atoms with van der Waals surface area (Å²) in [6.45, 7) is 0. The van der Waals surface area contributed by atoms with E-state index in [1.54, 1.807) is 0 Å². The van der Waals surface area contributed by atoms with Gasteiger partial charge in [-0.25, -0.2) is 0 Å². The Morgan fingerprint density at radius 1 is 0.958 bits per heavy atom.